The molecule has 2 heterocycles. The summed E-state index contributed by atoms with van der Waals surface area (Å²) in [6.45, 7) is 7.29. The van der Waals surface area contributed by atoms with Crippen LogP contribution in [0, 0.1) is 18.3 Å². The van der Waals surface area contributed by atoms with Crippen LogP contribution in [0.1, 0.15) is 54.9 Å². The predicted molar refractivity (Wildman–Crippen MR) is 90.9 cm³/mol. The first-order valence-electron chi connectivity index (χ1n) is 8.91. The average molecular weight is 349 g/mol. The fourth-order valence-corrected chi connectivity index (χ4v) is 3.62. The molecule has 1 aliphatic carbocycles. The van der Waals surface area contributed by atoms with Gasteiger partial charge in [0.15, 0.2) is 5.69 Å². The number of carbonyl (C=O) groups is 2. The van der Waals surface area contributed by atoms with E-state index in [0.29, 0.717) is 31.2 Å². The van der Waals surface area contributed by atoms with E-state index < -0.39 is 0 Å². The molecule has 0 aromatic carbocycles. The van der Waals surface area contributed by atoms with E-state index in [1.807, 2.05) is 18.7 Å². The van der Waals surface area contributed by atoms with E-state index in [2.05, 4.69) is 10.5 Å². The van der Waals surface area contributed by atoms with Crippen LogP contribution in [0.25, 0.3) is 0 Å². The Kier molecular flexibility index (Phi) is 4.86. The molecule has 1 N–H and O–H groups in total. The number of piperidine rings is 1. The minimum atomic E-state index is -0.0952. The summed E-state index contributed by atoms with van der Waals surface area (Å²) in [5, 5.41) is 7.06. The van der Waals surface area contributed by atoms with Crippen molar-refractivity contribution in [2.75, 3.05) is 20.2 Å². The highest BCUT2D eigenvalue weighted by Gasteiger charge is 2.56. The molecule has 1 spiro atoms. The lowest BCUT2D eigenvalue weighted by Gasteiger charge is -2.32. The molecule has 3 rings (SSSR count). The number of amides is 2. The molecular weight excluding hydrogens is 322 g/mol. The standard InChI is InChI=1S/C18H27N3O4/c1-11(2)16(22)19-14-9-18(14)5-7-21(8-6-18)17(23)15-13(10-24-4)12(3)25-20-15/h11,14H,5-10H2,1-4H3,(H,19,22). The highest BCUT2D eigenvalue weighted by atomic mass is 16.5. The smallest absolute Gasteiger partial charge is 0.276 e. The van der Waals surface area contributed by atoms with Crippen LogP contribution in [0.4, 0.5) is 0 Å². The number of carbonyl (C=O) groups excluding carboxylic acids is 2. The Bertz CT molecular complexity index is 659. The van der Waals surface area contributed by atoms with E-state index in [9.17, 15) is 9.59 Å². The molecule has 1 saturated heterocycles. The van der Waals surface area contributed by atoms with E-state index in [1.165, 1.54) is 0 Å². The summed E-state index contributed by atoms with van der Waals surface area (Å²) in [7, 11) is 1.59. The zero-order valence-electron chi connectivity index (χ0n) is 15.4. The summed E-state index contributed by atoms with van der Waals surface area (Å²) in [5.41, 5.74) is 1.26. The first kappa shape index (κ1) is 17.9. The third kappa shape index (κ3) is 3.42. The maximum atomic E-state index is 12.8. The van der Waals surface area contributed by atoms with E-state index >= 15 is 0 Å². The normalized spacial score (nSPS) is 21.6. The minimum absolute atomic E-state index is 0.00827. The van der Waals surface area contributed by atoms with Gasteiger partial charge in [-0.1, -0.05) is 19.0 Å². The molecule has 1 unspecified atom stereocenters. The Morgan fingerprint density at radius 3 is 2.68 bits per heavy atom. The Hall–Kier alpha value is -1.89. The van der Waals surface area contributed by atoms with Crippen LogP contribution >= 0.6 is 0 Å². The van der Waals surface area contributed by atoms with Crippen LogP contribution in [-0.4, -0.2) is 48.1 Å². The number of nitrogens with one attached hydrogen (secondary N) is 1. The zero-order chi connectivity index (χ0) is 18.2. The minimum Gasteiger partial charge on any atom is -0.380 e. The van der Waals surface area contributed by atoms with Crippen LogP contribution in [0.15, 0.2) is 4.52 Å². The summed E-state index contributed by atoms with van der Waals surface area (Å²) in [5.74, 6) is 0.649. The van der Waals surface area contributed by atoms with Gasteiger partial charge < -0.3 is 19.5 Å². The van der Waals surface area contributed by atoms with E-state index in [0.717, 1.165) is 24.8 Å². The fourth-order valence-electron chi connectivity index (χ4n) is 3.62. The van der Waals surface area contributed by atoms with E-state index in [4.69, 9.17) is 9.26 Å². The maximum absolute atomic E-state index is 12.8. The number of likely N-dealkylation sites (tertiary alicyclic amines) is 1. The van der Waals surface area contributed by atoms with Gasteiger partial charge in [0.05, 0.1) is 12.2 Å². The van der Waals surface area contributed by atoms with Gasteiger partial charge in [0, 0.05) is 32.2 Å². The lowest BCUT2D eigenvalue weighted by molar-refractivity contribution is -0.124. The third-order valence-electron chi connectivity index (χ3n) is 5.55. The Morgan fingerprint density at radius 1 is 1.40 bits per heavy atom. The molecule has 0 radical (unpaired) electrons. The van der Waals surface area contributed by atoms with E-state index in [-0.39, 0.29) is 29.2 Å². The second kappa shape index (κ2) is 6.78. The van der Waals surface area contributed by atoms with Gasteiger partial charge in [0.2, 0.25) is 5.91 Å². The van der Waals surface area contributed by atoms with E-state index in [1.54, 1.807) is 14.0 Å². The lowest BCUT2D eigenvalue weighted by atomic mass is 9.92. The molecule has 25 heavy (non-hydrogen) atoms. The molecule has 7 nitrogen and oxygen atoms in total. The second-order valence-electron chi connectivity index (χ2n) is 7.57. The van der Waals surface area contributed by atoms with Crippen molar-refractivity contribution in [3.8, 4) is 0 Å². The summed E-state index contributed by atoms with van der Waals surface area (Å²) in [6, 6.07) is 0.262. The van der Waals surface area contributed by atoms with Gasteiger partial charge in [-0.2, -0.15) is 0 Å². The molecule has 1 aliphatic heterocycles. The molecule has 2 aliphatic rings. The van der Waals surface area contributed by atoms with Crippen molar-refractivity contribution in [2.24, 2.45) is 11.3 Å². The van der Waals surface area contributed by atoms with Gasteiger partial charge in [-0.25, -0.2) is 0 Å². The number of aromatic nitrogens is 1. The molecule has 138 valence electrons. The lowest BCUT2D eigenvalue weighted by Crippen LogP contribution is -2.42. The molecule has 2 fully saturated rings. The predicted octanol–water partition coefficient (Wildman–Crippen LogP) is 1.90. The van der Waals surface area contributed by atoms with Gasteiger partial charge in [0.1, 0.15) is 5.76 Å². The Morgan fingerprint density at radius 2 is 2.08 bits per heavy atom. The number of hydrogen-bond donors (Lipinski definition) is 1. The molecule has 1 aromatic heterocycles. The van der Waals surface area contributed by atoms with Crippen LogP contribution in [0.3, 0.4) is 0 Å². The molecule has 1 atom stereocenters. The molecule has 0 bridgehead atoms. The fraction of sp³-hybridized carbons (Fsp3) is 0.722. The van der Waals surface area contributed by atoms with Gasteiger partial charge in [-0.15, -0.1) is 0 Å². The first-order chi connectivity index (χ1) is 11.9. The molecule has 7 heteroatoms. The quantitative estimate of drug-likeness (QED) is 0.877. The highest BCUT2D eigenvalue weighted by molar-refractivity contribution is 5.93. The van der Waals surface area contributed by atoms with Gasteiger partial charge in [0.25, 0.3) is 5.91 Å². The van der Waals surface area contributed by atoms with Crippen molar-refractivity contribution in [1.29, 1.82) is 0 Å². The molecule has 1 saturated carbocycles. The number of ether oxygens (including phenoxy) is 1. The van der Waals surface area contributed by atoms with Gasteiger partial charge in [-0.3, -0.25) is 9.59 Å². The van der Waals surface area contributed by atoms with Crippen LogP contribution in [-0.2, 0) is 16.1 Å². The summed E-state index contributed by atoms with van der Waals surface area (Å²) in [6.07, 6.45) is 2.85. The number of methoxy groups -OCH3 is 1. The van der Waals surface area contributed by atoms with Gasteiger partial charge in [-0.05, 0) is 31.6 Å². The third-order valence-corrected chi connectivity index (χ3v) is 5.55. The highest BCUT2D eigenvalue weighted by Crippen LogP contribution is 2.54. The van der Waals surface area contributed by atoms with Crippen molar-refractivity contribution in [3.63, 3.8) is 0 Å². The summed E-state index contributed by atoms with van der Waals surface area (Å²) < 4.78 is 10.3. The monoisotopic (exact) mass is 349 g/mol. The maximum Gasteiger partial charge on any atom is 0.276 e. The number of nitrogens with zero attached hydrogens (tertiary/aromatic N) is 2. The Balaban J connectivity index is 1.58. The molecule has 1 aromatic rings. The van der Waals surface area contributed by atoms with Crippen LogP contribution in [0.2, 0.25) is 0 Å². The zero-order valence-corrected chi connectivity index (χ0v) is 15.4. The molecule has 2 amide bonds. The van der Waals surface area contributed by atoms with Crippen molar-refractivity contribution < 1.29 is 18.8 Å². The largest absolute Gasteiger partial charge is 0.380 e. The van der Waals surface area contributed by atoms with Crippen molar-refractivity contribution in [2.45, 2.75) is 52.7 Å². The summed E-state index contributed by atoms with van der Waals surface area (Å²) >= 11 is 0. The second-order valence-corrected chi connectivity index (χ2v) is 7.57. The van der Waals surface area contributed by atoms with Crippen LogP contribution < -0.4 is 5.32 Å². The topological polar surface area (TPSA) is 84.7 Å². The number of rotatable bonds is 5. The molecular formula is C18H27N3O4. The first-order valence-corrected chi connectivity index (χ1v) is 8.91. The Labute approximate surface area is 148 Å². The average Bonchev–Trinajstić information content (AvgIpc) is 3.10. The number of aryl methyl sites for hydroxylation is 1. The van der Waals surface area contributed by atoms with Crippen molar-refractivity contribution in [3.05, 3.63) is 17.0 Å². The van der Waals surface area contributed by atoms with Gasteiger partial charge >= 0.3 is 0 Å². The number of hydrogen-bond acceptors (Lipinski definition) is 5. The summed E-state index contributed by atoms with van der Waals surface area (Å²) in [4.78, 5) is 26.5. The van der Waals surface area contributed by atoms with Crippen molar-refractivity contribution >= 4 is 11.8 Å². The van der Waals surface area contributed by atoms with Crippen molar-refractivity contribution in [1.82, 2.24) is 15.4 Å². The SMILES string of the molecule is COCc1c(C(=O)N2CCC3(CC2)CC3NC(=O)C(C)C)noc1C. The van der Waals surface area contributed by atoms with Crippen LogP contribution in [0.5, 0.6) is 0 Å².